The fraction of sp³-hybridized carbons (Fsp3) is 0.280. The second-order valence-electron chi connectivity index (χ2n) is 8.68. The van der Waals surface area contributed by atoms with Gasteiger partial charge in [-0.05, 0) is 30.5 Å². The summed E-state index contributed by atoms with van der Waals surface area (Å²) in [5.74, 6) is -2.01. The molecule has 1 atom stereocenters. The van der Waals surface area contributed by atoms with Crippen LogP contribution in [0.5, 0.6) is 0 Å². The van der Waals surface area contributed by atoms with Crippen LogP contribution in [-0.2, 0) is 11.4 Å². The molecule has 2 aromatic carbocycles. The van der Waals surface area contributed by atoms with E-state index in [0.717, 1.165) is 30.2 Å². The molecule has 0 spiro atoms. The zero-order valence-corrected chi connectivity index (χ0v) is 18.4. The van der Waals surface area contributed by atoms with Crippen molar-refractivity contribution in [3.05, 3.63) is 87.7 Å². The second kappa shape index (κ2) is 8.92. The van der Waals surface area contributed by atoms with Crippen LogP contribution in [0.15, 0.2) is 65.4 Å². The number of fused-ring (bicyclic) bond motifs is 1. The molecule has 176 valence electrons. The third kappa shape index (κ3) is 4.15. The minimum atomic E-state index is -1.31. The van der Waals surface area contributed by atoms with Crippen LogP contribution in [0, 0.1) is 11.7 Å². The normalized spacial score (nSPS) is 17.8. The number of hydrogen-bond donors (Lipinski definition) is 3. The van der Waals surface area contributed by atoms with Gasteiger partial charge in [0.15, 0.2) is 0 Å². The number of carboxylic acids is 1. The van der Waals surface area contributed by atoms with Gasteiger partial charge in [-0.3, -0.25) is 15.1 Å². The van der Waals surface area contributed by atoms with Gasteiger partial charge in [-0.1, -0.05) is 30.3 Å². The summed E-state index contributed by atoms with van der Waals surface area (Å²) in [7, 11) is 0. The number of nitrogens with one attached hydrogen (secondary N) is 1. The van der Waals surface area contributed by atoms with Gasteiger partial charge in [0.2, 0.25) is 5.43 Å². The molecule has 3 aromatic rings. The molecule has 0 bridgehead atoms. The number of nitrogens with two attached hydrogens (primary N) is 1. The van der Waals surface area contributed by atoms with Crippen molar-refractivity contribution < 1.29 is 19.1 Å². The van der Waals surface area contributed by atoms with Gasteiger partial charge in [0.25, 0.3) is 0 Å². The number of hydroxylamine groups is 1. The largest absolute Gasteiger partial charge is 0.477 e. The van der Waals surface area contributed by atoms with E-state index in [0.29, 0.717) is 30.9 Å². The minimum absolute atomic E-state index is 0.0659. The van der Waals surface area contributed by atoms with Crippen molar-refractivity contribution in [1.82, 2.24) is 10.0 Å². The number of carbonyl (C=O) groups is 1. The first-order valence-corrected chi connectivity index (χ1v) is 11.2. The Kier molecular flexibility index (Phi) is 5.80. The molecule has 2 aliphatic rings. The number of aromatic nitrogens is 1. The van der Waals surface area contributed by atoms with Gasteiger partial charge in [-0.15, -0.1) is 0 Å². The van der Waals surface area contributed by atoms with Crippen molar-refractivity contribution in [2.75, 3.05) is 18.0 Å². The Balaban J connectivity index is 1.46. The Hall–Kier alpha value is -3.69. The summed E-state index contributed by atoms with van der Waals surface area (Å²) in [5.41, 5.74) is 10.4. The maximum Gasteiger partial charge on any atom is 0.341 e. The fourth-order valence-corrected chi connectivity index (χ4v) is 4.30. The Morgan fingerprint density at radius 1 is 1.24 bits per heavy atom. The van der Waals surface area contributed by atoms with Crippen LogP contribution < -0.4 is 21.5 Å². The van der Waals surface area contributed by atoms with Crippen molar-refractivity contribution in [3.63, 3.8) is 0 Å². The van der Waals surface area contributed by atoms with Gasteiger partial charge in [0.1, 0.15) is 11.4 Å². The maximum absolute atomic E-state index is 15.2. The van der Waals surface area contributed by atoms with E-state index >= 15 is 4.39 Å². The van der Waals surface area contributed by atoms with Crippen LogP contribution in [0.4, 0.5) is 10.1 Å². The minimum Gasteiger partial charge on any atom is -0.477 e. The standard InChI is InChI=1S/C25H25FN4O4/c26-20-8-18-22(30(17-6-7-17)12-19(24(18)31)25(32)33)9-23(20)29-11-16(10-27)21(13-29)28-34-14-15-4-2-1-3-5-15/h1-5,8-9,12-13,16-17,28H,6-7,10-11,14,27H2,(H,32,33). The lowest BCUT2D eigenvalue weighted by Gasteiger charge is -2.20. The first-order chi connectivity index (χ1) is 16.5. The second-order valence-corrected chi connectivity index (χ2v) is 8.68. The summed E-state index contributed by atoms with van der Waals surface area (Å²) in [6, 6.07) is 12.6. The summed E-state index contributed by atoms with van der Waals surface area (Å²) >= 11 is 0. The molecule has 1 aliphatic carbocycles. The van der Waals surface area contributed by atoms with E-state index in [2.05, 4.69) is 5.48 Å². The van der Waals surface area contributed by atoms with E-state index in [9.17, 15) is 14.7 Å². The molecular weight excluding hydrogens is 439 g/mol. The van der Waals surface area contributed by atoms with E-state index in [4.69, 9.17) is 10.6 Å². The maximum atomic E-state index is 15.2. The van der Waals surface area contributed by atoms with Crippen molar-refractivity contribution in [1.29, 1.82) is 0 Å². The summed E-state index contributed by atoms with van der Waals surface area (Å²) < 4.78 is 17.0. The number of nitrogens with zero attached hydrogens (tertiary/aromatic N) is 2. The molecule has 1 saturated carbocycles. The number of halogens is 1. The number of aromatic carboxylic acids is 1. The molecule has 5 rings (SSSR count). The van der Waals surface area contributed by atoms with E-state index in [1.165, 1.54) is 6.20 Å². The number of rotatable bonds is 8. The lowest BCUT2D eigenvalue weighted by Crippen LogP contribution is -2.28. The molecule has 0 amide bonds. The third-order valence-electron chi connectivity index (χ3n) is 6.29. The lowest BCUT2D eigenvalue weighted by atomic mass is 10.1. The highest BCUT2D eigenvalue weighted by Gasteiger charge is 2.30. The molecule has 0 radical (unpaired) electrons. The quantitative estimate of drug-likeness (QED) is 0.440. The number of pyridine rings is 1. The van der Waals surface area contributed by atoms with Crippen LogP contribution in [0.25, 0.3) is 10.9 Å². The first-order valence-electron chi connectivity index (χ1n) is 11.2. The van der Waals surface area contributed by atoms with Gasteiger partial charge < -0.3 is 20.3 Å². The van der Waals surface area contributed by atoms with Crippen LogP contribution in [0.3, 0.4) is 0 Å². The van der Waals surface area contributed by atoms with Gasteiger partial charge in [0, 0.05) is 42.8 Å². The Labute approximate surface area is 195 Å². The zero-order chi connectivity index (χ0) is 23.8. The summed E-state index contributed by atoms with van der Waals surface area (Å²) in [4.78, 5) is 31.6. The van der Waals surface area contributed by atoms with Crippen LogP contribution in [-0.4, -0.2) is 28.7 Å². The molecule has 34 heavy (non-hydrogen) atoms. The molecule has 8 nitrogen and oxygen atoms in total. The SMILES string of the molecule is NCC1CN(c2cc3c(cc2F)c(=O)c(C(=O)O)cn3C2CC2)C=C1NOCc1ccccc1. The average Bonchev–Trinajstić information content (AvgIpc) is 3.59. The molecule has 1 aromatic heterocycles. The highest BCUT2D eigenvalue weighted by molar-refractivity contribution is 5.93. The van der Waals surface area contributed by atoms with Gasteiger partial charge in [-0.25, -0.2) is 9.18 Å². The van der Waals surface area contributed by atoms with Gasteiger partial charge in [-0.2, -0.15) is 0 Å². The zero-order valence-electron chi connectivity index (χ0n) is 18.4. The van der Waals surface area contributed by atoms with Crippen molar-refractivity contribution in [3.8, 4) is 0 Å². The number of benzene rings is 2. The van der Waals surface area contributed by atoms with Crippen molar-refractivity contribution >= 4 is 22.6 Å². The molecule has 0 saturated heterocycles. The smallest absolute Gasteiger partial charge is 0.341 e. The third-order valence-corrected chi connectivity index (χ3v) is 6.29. The first kappa shape index (κ1) is 22.1. The van der Waals surface area contributed by atoms with Crippen LogP contribution in [0.2, 0.25) is 0 Å². The Morgan fingerprint density at radius 3 is 2.68 bits per heavy atom. The predicted molar refractivity (Wildman–Crippen MR) is 126 cm³/mol. The van der Waals surface area contributed by atoms with Crippen molar-refractivity contribution in [2.24, 2.45) is 11.7 Å². The van der Waals surface area contributed by atoms with E-state index < -0.39 is 17.2 Å². The number of anilines is 1. The number of carboxylic acid groups (broad SMARTS) is 1. The van der Waals surface area contributed by atoms with E-state index in [1.807, 2.05) is 30.3 Å². The predicted octanol–water partition coefficient (Wildman–Crippen LogP) is 3.13. The molecular formula is C25H25FN4O4. The summed E-state index contributed by atoms with van der Waals surface area (Å²) in [6.07, 6.45) is 4.90. The molecule has 2 heterocycles. The molecule has 9 heteroatoms. The molecule has 1 aliphatic heterocycles. The topological polar surface area (TPSA) is 110 Å². The van der Waals surface area contributed by atoms with Crippen LogP contribution >= 0.6 is 0 Å². The van der Waals surface area contributed by atoms with E-state index in [-0.39, 0.29) is 22.9 Å². The highest BCUT2D eigenvalue weighted by Crippen LogP contribution is 2.38. The van der Waals surface area contributed by atoms with Gasteiger partial charge >= 0.3 is 5.97 Å². The fourth-order valence-electron chi connectivity index (χ4n) is 4.30. The molecule has 4 N–H and O–H groups in total. The summed E-state index contributed by atoms with van der Waals surface area (Å²) in [5, 5.41) is 9.49. The molecule has 1 fully saturated rings. The van der Waals surface area contributed by atoms with E-state index in [1.54, 1.807) is 21.7 Å². The van der Waals surface area contributed by atoms with Gasteiger partial charge in [0.05, 0.1) is 23.5 Å². The average molecular weight is 464 g/mol. The highest BCUT2D eigenvalue weighted by atomic mass is 19.1. The monoisotopic (exact) mass is 464 g/mol. The van der Waals surface area contributed by atoms with Crippen LogP contribution in [0.1, 0.15) is 34.8 Å². The Morgan fingerprint density at radius 2 is 2.00 bits per heavy atom. The lowest BCUT2D eigenvalue weighted by molar-refractivity contribution is 0.0440. The van der Waals surface area contributed by atoms with Crippen molar-refractivity contribution in [2.45, 2.75) is 25.5 Å². The molecule has 1 unspecified atom stereocenters. The summed E-state index contributed by atoms with van der Waals surface area (Å²) in [6.45, 7) is 1.14. The number of hydrogen-bond acceptors (Lipinski definition) is 6. The Bertz CT molecular complexity index is 1330.